The monoisotopic (exact) mass is 672 g/mol. The first-order valence-electron chi connectivity index (χ1n) is 11.2. The number of halogens is 4. The van der Waals surface area contributed by atoms with E-state index in [1.165, 1.54) is 13.3 Å². The molecule has 3 nitrogen and oxygen atoms in total. The number of alkyl halides is 4. The zero-order valence-corrected chi connectivity index (χ0v) is 24.3. The lowest BCUT2D eigenvalue weighted by Crippen LogP contribution is -2.65. The van der Waals surface area contributed by atoms with Gasteiger partial charge >= 0.3 is 5.97 Å². The lowest BCUT2D eigenvalue weighted by atomic mass is 9.44. The van der Waals surface area contributed by atoms with Crippen molar-refractivity contribution in [3.63, 3.8) is 0 Å². The minimum atomic E-state index is -0.391. The summed E-state index contributed by atoms with van der Waals surface area (Å²) in [7, 11) is 0. The van der Waals surface area contributed by atoms with E-state index in [1.54, 1.807) is 0 Å². The van der Waals surface area contributed by atoms with Crippen LogP contribution in [0.15, 0.2) is 0 Å². The predicted octanol–water partition coefficient (Wildman–Crippen LogP) is 6.95. The van der Waals surface area contributed by atoms with Crippen molar-refractivity contribution in [2.24, 2.45) is 28.6 Å². The average Bonchev–Trinajstić information content (AvgIpc) is 2.95. The van der Waals surface area contributed by atoms with Gasteiger partial charge in [0.1, 0.15) is 6.10 Å². The maximum Gasteiger partial charge on any atom is 0.302 e. The van der Waals surface area contributed by atoms with E-state index in [1.807, 2.05) is 0 Å². The maximum absolute atomic E-state index is 12.9. The molecule has 7 heteroatoms. The fourth-order valence-corrected chi connectivity index (χ4v) is 11.9. The smallest absolute Gasteiger partial charge is 0.302 e. The summed E-state index contributed by atoms with van der Waals surface area (Å²) in [5.41, 5.74) is 0.169. The van der Waals surface area contributed by atoms with Crippen LogP contribution >= 0.6 is 63.7 Å². The Labute approximate surface area is 214 Å². The van der Waals surface area contributed by atoms with Gasteiger partial charge in [0.15, 0.2) is 5.78 Å². The predicted molar refractivity (Wildman–Crippen MR) is 134 cm³/mol. The molecule has 0 radical (unpaired) electrons. The van der Waals surface area contributed by atoms with Crippen molar-refractivity contribution >= 4 is 75.5 Å². The Bertz CT molecular complexity index is 746. The Kier molecular flexibility index (Phi) is 6.51. The number of hydrogen-bond acceptors (Lipinski definition) is 3. The second-order valence-electron chi connectivity index (χ2n) is 10.7. The van der Waals surface area contributed by atoms with Crippen LogP contribution in [0, 0.1) is 28.6 Å². The van der Waals surface area contributed by atoms with Crippen LogP contribution in [0.3, 0.4) is 0 Å². The first-order chi connectivity index (χ1) is 13.9. The number of ether oxygens (including phenoxy) is 1. The molecule has 9 atom stereocenters. The van der Waals surface area contributed by atoms with Crippen LogP contribution in [0.25, 0.3) is 0 Å². The Morgan fingerprint density at radius 3 is 2.23 bits per heavy atom. The zero-order valence-electron chi connectivity index (χ0n) is 18.0. The minimum Gasteiger partial charge on any atom is -0.463 e. The molecule has 3 unspecified atom stereocenters. The molecule has 0 aromatic heterocycles. The molecule has 0 saturated heterocycles. The van der Waals surface area contributed by atoms with Gasteiger partial charge < -0.3 is 4.74 Å². The largest absolute Gasteiger partial charge is 0.463 e. The first-order valence-corrected chi connectivity index (χ1v) is 14.8. The number of carbonyl (C=O) groups excluding carboxylic acids is 2. The molecule has 170 valence electrons. The summed E-state index contributed by atoms with van der Waals surface area (Å²) in [6.45, 7) is 6.36. The first kappa shape index (κ1) is 24.2. The van der Waals surface area contributed by atoms with E-state index >= 15 is 0 Å². The fourth-order valence-electron chi connectivity index (χ4n) is 8.03. The van der Waals surface area contributed by atoms with Crippen molar-refractivity contribution in [3.8, 4) is 0 Å². The van der Waals surface area contributed by atoms with Gasteiger partial charge in [-0.05, 0) is 73.5 Å². The van der Waals surface area contributed by atoms with Gasteiger partial charge in [0.05, 0.1) is 9.65 Å². The molecule has 0 bridgehead atoms. The van der Waals surface area contributed by atoms with Crippen molar-refractivity contribution < 1.29 is 14.3 Å². The highest BCUT2D eigenvalue weighted by Gasteiger charge is 2.69. The lowest BCUT2D eigenvalue weighted by molar-refractivity contribution is -0.155. The van der Waals surface area contributed by atoms with Crippen molar-refractivity contribution in [1.82, 2.24) is 0 Å². The fraction of sp³-hybridized carbons (Fsp3) is 0.913. The molecule has 30 heavy (non-hydrogen) atoms. The number of fused-ring (bicyclic) bond motifs is 5. The van der Waals surface area contributed by atoms with Crippen LogP contribution in [0.2, 0.25) is 0 Å². The Morgan fingerprint density at radius 1 is 1.00 bits per heavy atom. The maximum atomic E-state index is 12.9. The van der Waals surface area contributed by atoms with Crippen molar-refractivity contribution in [1.29, 1.82) is 0 Å². The van der Waals surface area contributed by atoms with E-state index in [-0.39, 0.29) is 27.2 Å². The van der Waals surface area contributed by atoms with Gasteiger partial charge in [0, 0.05) is 22.5 Å². The number of hydrogen-bond donors (Lipinski definition) is 0. The van der Waals surface area contributed by atoms with Gasteiger partial charge in [-0.1, -0.05) is 77.6 Å². The second-order valence-corrected chi connectivity index (χ2v) is 15.1. The molecule has 4 saturated carbocycles. The molecule has 0 amide bonds. The number of Topliss-reactive ketones (excluding diaryl/α,β-unsaturated/α-hetero) is 1. The Balaban J connectivity index is 1.65. The van der Waals surface area contributed by atoms with Gasteiger partial charge in [-0.3, -0.25) is 9.59 Å². The highest BCUT2D eigenvalue weighted by Crippen LogP contribution is 2.72. The summed E-state index contributed by atoms with van der Waals surface area (Å²) in [6, 6.07) is 0. The quantitative estimate of drug-likeness (QED) is 0.240. The topological polar surface area (TPSA) is 43.4 Å². The summed E-state index contributed by atoms with van der Waals surface area (Å²) in [5, 5.41) is 0.426. The summed E-state index contributed by atoms with van der Waals surface area (Å²) in [5.74, 6) is 1.95. The highest BCUT2D eigenvalue weighted by molar-refractivity contribution is 9.12. The van der Waals surface area contributed by atoms with Crippen molar-refractivity contribution in [2.75, 3.05) is 5.33 Å². The molecule has 4 aliphatic carbocycles. The van der Waals surface area contributed by atoms with Crippen LogP contribution in [0.5, 0.6) is 0 Å². The van der Waals surface area contributed by atoms with Gasteiger partial charge in [-0.15, -0.1) is 0 Å². The lowest BCUT2D eigenvalue weighted by Gasteiger charge is -2.66. The molecule has 0 heterocycles. The molecule has 4 rings (SSSR count). The zero-order chi connectivity index (χ0) is 22.1. The standard InChI is InChI=1S/C23H32Br4O3/c1-13(28)30-14-4-7-21(3)16-5-8-20(2)17(6-9-22(20,26)19(29)12-24)15(16)10-18(25)23(21,27)11-14/h14-18H,4-12H2,1-3H3/t14?,15-,16+,17+,18?,20+,21-,22+,23?/m1/s1. The van der Waals surface area contributed by atoms with E-state index in [4.69, 9.17) is 4.74 Å². The van der Waals surface area contributed by atoms with Crippen LogP contribution in [-0.4, -0.2) is 36.7 Å². The van der Waals surface area contributed by atoms with Crippen LogP contribution < -0.4 is 0 Å². The Hall–Kier alpha value is 1.06. The third kappa shape index (κ3) is 3.24. The summed E-state index contributed by atoms with van der Waals surface area (Å²) < 4.78 is 5.19. The van der Waals surface area contributed by atoms with E-state index < -0.39 is 4.32 Å². The third-order valence-electron chi connectivity index (χ3n) is 9.68. The van der Waals surface area contributed by atoms with E-state index in [0.29, 0.717) is 33.7 Å². The van der Waals surface area contributed by atoms with Gasteiger partial charge in [-0.25, -0.2) is 0 Å². The van der Waals surface area contributed by atoms with Crippen LogP contribution in [0.4, 0.5) is 0 Å². The van der Waals surface area contributed by atoms with Gasteiger partial charge in [0.25, 0.3) is 0 Å². The molecule has 0 aliphatic heterocycles. The van der Waals surface area contributed by atoms with Crippen LogP contribution in [0.1, 0.15) is 72.1 Å². The normalized spacial score (nSPS) is 52.7. The van der Waals surface area contributed by atoms with E-state index in [9.17, 15) is 9.59 Å². The average molecular weight is 676 g/mol. The third-order valence-corrected chi connectivity index (χ3v) is 15.5. The van der Waals surface area contributed by atoms with Gasteiger partial charge in [0.2, 0.25) is 0 Å². The summed E-state index contributed by atoms with van der Waals surface area (Å²) in [4.78, 5) is 24.8. The minimum absolute atomic E-state index is 0.00127. The van der Waals surface area contributed by atoms with Crippen LogP contribution in [-0.2, 0) is 14.3 Å². The van der Waals surface area contributed by atoms with Gasteiger partial charge in [-0.2, -0.15) is 0 Å². The molecule has 4 aliphatic rings. The molecular weight excluding hydrogens is 644 g/mol. The molecule has 0 N–H and O–H groups in total. The number of esters is 1. The molecule has 0 aromatic rings. The highest BCUT2D eigenvalue weighted by atomic mass is 79.9. The molecule has 0 aromatic carbocycles. The van der Waals surface area contributed by atoms with E-state index in [2.05, 4.69) is 77.6 Å². The molecule has 0 spiro atoms. The van der Waals surface area contributed by atoms with Crippen molar-refractivity contribution in [3.05, 3.63) is 0 Å². The second kappa shape index (κ2) is 8.08. The number of rotatable bonds is 3. The summed E-state index contributed by atoms with van der Waals surface area (Å²) in [6.07, 6.45) is 8.34. The SMILES string of the molecule is CC(=O)OC1CC[C@]2(C)[C@H]3CC[C@@]4(C)[C@@H](CC[C@]4(Br)C(=O)CBr)[C@@H]3CC(Br)C2(Br)C1. The molecular formula is C23H32Br4O3. The number of carbonyl (C=O) groups is 2. The summed E-state index contributed by atoms with van der Waals surface area (Å²) >= 11 is 15.7. The Morgan fingerprint density at radius 2 is 1.60 bits per heavy atom. The van der Waals surface area contributed by atoms with Crippen molar-refractivity contribution in [2.45, 2.75) is 91.7 Å². The molecule has 4 fully saturated rings. The van der Waals surface area contributed by atoms with E-state index in [0.717, 1.165) is 44.9 Å². The number of ketones is 1.